The van der Waals surface area contributed by atoms with Crippen molar-refractivity contribution < 1.29 is 14.3 Å². The minimum absolute atomic E-state index is 0.381. The van der Waals surface area contributed by atoms with Gasteiger partial charge in [-0.2, -0.15) is 0 Å². The maximum atomic E-state index is 11.8. The third-order valence-corrected chi connectivity index (χ3v) is 3.41. The van der Waals surface area contributed by atoms with Crippen LogP contribution in [0.25, 0.3) is 0 Å². The van der Waals surface area contributed by atoms with Gasteiger partial charge in [-0.1, -0.05) is 39.3 Å². The van der Waals surface area contributed by atoms with E-state index in [1.165, 1.54) is 0 Å². The van der Waals surface area contributed by atoms with Crippen molar-refractivity contribution in [2.75, 3.05) is 38.2 Å². The number of amides is 1. The molecule has 0 unspecified atom stereocenters. The van der Waals surface area contributed by atoms with Crippen molar-refractivity contribution in [1.29, 1.82) is 0 Å². The fourth-order valence-corrected chi connectivity index (χ4v) is 1.98. The van der Waals surface area contributed by atoms with E-state index in [1.807, 2.05) is 24.3 Å². The molecular weight excluding hydrogens is 280 g/mol. The van der Waals surface area contributed by atoms with Crippen LogP contribution >= 0.6 is 0 Å². The van der Waals surface area contributed by atoms with Gasteiger partial charge in [0, 0.05) is 6.54 Å². The van der Waals surface area contributed by atoms with Crippen LogP contribution in [0, 0.1) is 0 Å². The molecule has 0 aromatic heterocycles. The molecule has 0 heterocycles. The summed E-state index contributed by atoms with van der Waals surface area (Å²) in [5.41, 5.74) is 0.645. The second-order valence-electron chi connectivity index (χ2n) is 4.99. The molecule has 0 spiro atoms. The summed E-state index contributed by atoms with van der Waals surface area (Å²) in [7, 11) is 0. The Kier molecular flexibility index (Phi) is 9.07. The van der Waals surface area contributed by atoms with Crippen molar-refractivity contribution in [3.8, 4) is 5.75 Å². The highest BCUT2D eigenvalue weighted by Crippen LogP contribution is 2.24. The maximum Gasteiger partial charge on any atom is 0.411 e. The molecule has 0 aliphatic heterocycles. The summed E-state index contributed by atoms with van der Waals surface area (Å²) in [4.78, 5) is 14.0. The zero-order chi connectivity index (χ0) is 16.2. The molecule has 124 valence electrons. The highest BCUT2D eigenvalue weighted by atomic mass is 16.5. The van der Waals surface area contributed by atoms with E-state index in [1.54, 1.807) is 0 Å². The van der Waals surface area contributed by atoms with Crippen LogP contribution < -0.4 is 10.1 Å². The molecule has 1 aromatic rings. The van der Waals surface area contributed by atoms with Crippen molar-refractivity contribution in [2.24, 2.45) is 0 Å². The molecule has 0 radical (unpaired) electrons. The smallest absolute Gasteiger partial charge is 0.411 e. The molecule has 0 saturated carbocycles. The summed E-state index contributed by atoms with van der Waals surface area (Å²) in [6, 6.07) is 7.41. The van der Waals surface area contributed by atoms with Gasteiger partial charge in [0.05, 0.1) is 12.3 Å². The number of unbranched alkanes of at least 4 members (excludes halogenated alkanes) is 1. The first-order chi connectivity index (χ1) is 10.7. The minimum Gasteiger partial charge on any atom is -0.491 e. The van der Waals surface area contributed by atoms with Crippen LogP contribution in [0.1, 0.15) is 33.6 Å². The van der Waals surface area contributed by atoms with Gasteiger partial charge in [-0.25, -0.2) is 4.79 Å². The number of nitrogens with zero attached hydrogens (tertiary/aromatic N) is 1. The van der Waals surface area contributed by atoms with Crippen molar-refractivity contribution in [3.63, 3.8) is 0 Å². The number of benzene rings is 1. The first-order valence-electron chi connectivity index (χ1n) is 8.09. The van der Waals surface area contributed by atoms with E-state index in [0.29, 0.717) is 24.7 Å². The summed E-state index contributed by atoms with van der Waals surface area (Å²) in [5.74, 6) is 0.677. The number of carbonyl (C=O) groups is 1. The van der Waals surface area contributed by atoms with Gasteiger partial charge in [0.1, 0.15) is 12.4 Å². The molecule has 1 aromatic carbocycles. The van der Waals surface area contributed by atoms with Gasteiger partial charge in [-0.3, -0.25) is 5.32 Å². The molecule has 0 atom stereocenters. The Labute approximate surface area is 133 Å². The molecule has 1 rings (SSSR count). The zero-order valence-electron chi connectivity index (χ0n) is 13.9. The number of hydrogen-bond acceptors (Lipinski definition) is 4. The average Bonchev–Trinajstić information content (AvgIpc) is 2.53. The first kappa shape index (κ1) is 18.3. The molecule has 0 saturated heterocycles. The van der Waals surface area contributed by atoms with E-state index in [4.69, 9.17) is 9.47 Å². The predicted molar refractivity (Wildman–Crippen MR) is 89.6 cm³/mol. The SMILES string of the molecule is CCCCOc1ccccc1NC(=O)OCCN(CC)CC. The fraction of sp³-hybridized carbons (Fsp3) is 0.588. The normalized spacial score (nSPS) is 10.5. The van der Waals surface area contributed by atoms with E-state index in [9.17, 15) is 4.79 Å². The standard InChI is InChI=1S/C17H28N2O3/c1-4-7-13-21-16-11-9-8-10-15(16)18-17(20)22-14-12-19(5-2)6-3/h8-11H,4-7,12-14H2,1-3H3,(H,18,20). The lowest BCUT2D eigenvalue weighted by Gasteiger charge is -2.18. The monoisotopic (exact) mass is 308 g/mol. The molecule has 5 nitrogen and oxygen atoms in total. The highest BCUT2D eigenvalue weighted by molar-refractivity contribution is 5.86. The van der Waals surface area contributed by atoms with Crippen LogP contribution in [0.5, 0.6) is 5.75 Å². The summed E-state index contributed by atoms with van der Waals surface area (Å²) < 4.78 is 10.9. The van der Waals surface area contributed by atoms with Crippen LogP contribution in [0.3, 0.4) is 0 Å². The van der Waals surface area contributed by atoms with Gasteiger partial charge in [-0.05, 0) is 31.6 Å². The van der Waals surface area contributed by atoms with E-state index >= 15 is 0 Å². The predicted octanol–water partition coefficient (Wildman–Crippen LogP) is 3.76. The molecule has 5 heteroatoms. The lowest BCUT2D eigenvalue weighted by Crippen LogP contribution is -2.28. The maximum absolute atomic E-state index is 11.8. The van der Waals surface area contributed by atoms with E-state index < -0.39 is 6.09 Å². The minimum atomic E-state index is -0.446. The van der Waals surface area contributed by atoms with Crippen LogP contribution in [-0.2, 0) is 4.74 Å². The van der Waals surface area contributed by atoms with Crippen LogP contribution in [0.4, 0.5) is 10.5 Å². The molecular formula is C17H28N2O3. The Bertz CT molecular complexity index is 434. The van der Waals surface area contributed by atoms with Crippen LogP contribution in [-0.4, -0.2) is 43.8 Å². The van der Waals surface area contributed by atoms with Crippen molar-refractivity contribution in [1.82, 2.24) is 4.90 Å². The summed E-state index contributed by atoms with van der Waals surface area (Å²) in [5, 5.41) is 2.74. The Balaban J connectivity index is 2.43. The third-order valence-electron chi connectivity index (χ3n) is 3.41. The van der Waals surface area contributed by atoms with E-state index in [-0.39, 0.29) is 0 Å². The van der Waals surface area contributed by atoms with Gasteiger partial charge in [0.15, 0.2) is 0 Å². The first-order valence-corrected chi connectivity index (χ1v) is 8.09. The second kappa shape index (κ2) is 10.9. The van der Waals surface area contributed by atoms with E-state index in [2.05, 4.69) is 31.0 Å². The lowest BCUT2D eigenvalue weighted by atomic mass is 10.3. The highest BCUT2D eigenvalue weighted by Gasteiger charge is 2.09. The Hall–Kier alpha value is -1.75. The van der Waals surface area contributed by atoms with Gasteiger partial charge >= 0.3 is 6.09 Å². The molecule has 1 amide bonds. The number of likely N-dealkylation sites (N-methyl/N-ethyl adjacent to an activating group) is 1. The Morgan fingerprint density at radius 1 is 1.14 bits per heavy atom. The number of para-hydroxylation sites is 2. The molecule has 0 aliphatic carbocycles. The molecule has 0 bridgehead atoms. The largest absolute Gasteiger partial charge is 0.491 e. The van der Waals surface area contributed by atoms with Crippen molar-refractivity contribution in [2.45, 2.75) is 33.6 Å². The lowest BCUT2D eigenvalue weighted by molar-refractivity contribution is 0.142. The number of anilines is 1. The van der Waals surface area contributed by atoms with Crippen molar-refractivity contribution in [3.05, 3.63) is 24.3 Å². The molecule has 1 N–H and O–H groups in total. The second-order valence-corrected chi connectivity index (χ2v) is 4.99. The fourth-order valence-electron chi connectivity index (χ4n) is 1.98. The number of hydrogen-bond donors (Lipinski definition) is 1. The molecule has 0 aliphatic rings. The summed E-state index contributed by atoms with van der Waals surface area (Å²) in [6.07, 6.45) is 1.62. The summed E-state index contributed by atoms with van der Waals surface area (Å²) in [6.45, 7) is 9.97. The Morgan fingerprint density at radius 2 is 1.86 bits per heavy atom. The summed E-state index contributed by atoms with van der Waals surface area (Å²) >= 11 is 0. The Morgan fingerprint density at radius 3 is 2.55 bits per heavy atom. The number of nitrogens with one attached hydrogen (secondary N) is 1. The van der Waals surface area contributed by atoms with Gasteiger partial charge in [0.2, 0.25) is 0 Å². The van der Waals surface area contributed by atoms with Crippen LogP contribution in [0.15, 0.2) is 24.3 Å². The topological polar surface area (TPSA) is 50.8 Å². The number of ether oxygens (including phenoxy) is 2. The molecule has 0 fully saturated rings. The van der Waals surface area contributed by atoms with Gasteiger partial charge < -0.3 is 14.4 Å². The van der Waals surface area contributed by atoms with E-state index in [0.717, 1.165) is 32.5 Å². The quantitative estimate of drug-likeness (QED) is 0.669. The van der Waals surface area contributed by atoms with Gasteiger partial charge in [-0.15, -0.1) is 0 Å². The van der Waals surface area contributed by atoms with Crippen molar-refractivity contribution >= 4 is 11.8 Å². The zero-order valence-corrected chi connectivity index (χ0v) is 13.9. The average molecular weight is 308 g/mol. The number of rotatable bonds is 10. The molecule has 22 heavy (non-hydrogen) atoms. The van der Waals surface area contributed by atoms with Gasteiger partial charge in [0.25, 0.3) is 0 Å². The third kappa shape index (κ3) is 6.80. The van der Waals surface area contributed by atoms with Crippen LogP contribution in [0.2, 0.25) is 0 Å². The number of carbonyl (C=O) groups excluding carboxylic acids is 1.